The second-order valence-corrected chi connectivity index (χ2v) is 7.31. The van der Waals surface area contributed by atoms with E-state index in [9.17, 15) is 14.7 Å². The molecule has 6 nitrogen and oxygen atoms in total. The Morgan fingerprint density at radius 2 is 2.15 bits per heavy atom. The van der Waals surface area contributed by atoms with Crippen LogP contribution in [-0.2, 0) is 0 Å². The Labute approximate surface area is 162 Å². The predicted molar refractivity (Wildman–Crippen MR) is 103 cm³/mol. The Kier molecular flexibility index (Phi) is 5.46. The SMILES string of the molecule is CCCOc1cc2c(cc1Cl)-c1cc(=O)c(C(=O)O)cn1[C@@H](C(C)C)CO2. The first kappa shape index (κ1) is 19.3. The van der Waals surface area contributed by atoms with E-state index in [4.69, 9.17) is 21.1 Å². The van der Waals surface area contributed by atoms with Gasteiger partial charge >= 0.3 is 5.97 Å². The fourth-order valence-electron chi connectivity index (χ4n) is 3.15. The Bertz CT molecular complexity index is 935. The summed E-state index contributed by atoms with van der Waals surface area (Å²) in [6.07, 6.45) is 2.25. The highest BCUT2D eigenvalue weighted by Gasteiger charge is 2.27. The molecule has 1 aromatic heterocycles. The predicted octanol–water partition coefficient (Wildman–Crippen LogP) is 4.25. The highest BCUT2D eigenvalue weighted by atomic mass is 35.5. The molecule has 7 heteroatoms. The maximum Gasteiger partial charge on any atom is 0.341 e. The molecule has 2 aromatic rings. The number of hydrogen-bond acceptors (Lipinski definition) is 4. The number of benzene rings is 1. The summed E-state index contributed by atoms with van der Waals surface area (Å²) in [5.41, 5.74) is 0.412. The van der Waals surface area contributed by atoms with E-state index in [0.29, 0.717) is 41.0 Å². The van der Waals surface area contributed by atoms with E-state index in [1.54, 1.807) is 12.1 Å². The topological polar surface area (TPSA) is 77.8 Å². The van der Waals surface area contributed by atoms with Crippen LogP contribution in [0.25, 0.3) is 11.3 Å². The van der Waals surface area contributed by atoms with Crippen LogP contribution in [0.15, 0.2) is 29.2 Å². The van der Waals surface area contributed by atoms with Crippen LogP contribution >= 0.6 is 11.6 Å². The molecule has 2 heterocycles. The minimum Gasteiger partial charge on any atom is -0.492 e. The van der Waals surface area contributed by atoms with E-state index in [-0.39, 0.29) is 17.5 Å². The standard InChI is InChI=1S/C20H22ClNO5/c1-4-5-26-19-8-18-12(6-14(19)21)15-7-17(23)13(20(24)25)9-22(15)16(10-27-18)11(2)3/h6-9,11,16H,4-5,10H2,1-3H3,(H,24,25)/t16-/m1/s1. The molecule has 1 N–H and O–H groups in total. The number of pyridine rings is 1. The molecule has 1 atom stereocenters. The van der Waals surface area contributed by atoms with Gasteiger partial charge in [0.15, 0.2) is 5.43 Å². The summed E-state index contributed by atoms with van der Waals surface area (Å²) in [5.74, 6) is -0.000714. The van der Waals surface area contributed by atoms with Gasteiger partial charge in [0.1, 0.15) is 23.7 Å². The van der Waals surface area contributed by atoms with E-state index in [1.807, 2.05) is 25.3 Å². The number of rotatable bonds is 5. The number of fused-ring (bicyclic) bond motifs is 3. The zero-order chi connectivity index (χ0) is 19.7. The molecule has 27 heavy (non-hydrogen) atoms. The molecule has 0 radical (unpaired) electrons. The van der Waals surface area contributed by atoms with Crippen molar-refractivity contribution in [1.82, 2.24) is 4.57 Å². The summed E-state index contributed by atoms with van der Waals surface area (Å²) in [5, 5.41) is 9.75. The van der Waals surface area contributed by atoms with Crippen LogP contribution in [0, 0.1) is 5.92 Å². The normalized spacial score (nSPS) is 15.5. The number of carboxylic acid groups (broad SMARTS) is 1. The number of carboxylic acids is 1. The summed E-state index contributed by atoms with van der Waals surface area (Å²) in [4.78, 5) is 23.8. The van der Waals surface area contributed by atoms with Crippen LogP contribution in [0.2, 0.25) is 5.02 Å². The molecule has 0 bridgehead atoms. The van der Waals surface area contributed by atoms with Crippen molar-refractivity contribution < 1.29 is 19.4 Å². The van der Waals surface area contributed by atoms with Crippen LogP contribution in [0.3, 0.4) is 0 Å². The molecular weight excluding hydrogens is 370 g/mol. The van der Waals surface area contributed by atoms with Crippen molar-refractivity contribution >= 4 is 17.6 Å². The fourth-order valence-corrected chi connectivity index (χ4v) is 3.36. The summed E-state index contributed by atoms with van der Waals surface area (Å²) >= 11 is 6.38. The Hall–Kier alpha value is -2.47. The maximum absolute atomic E-state index is 12.3. The van der Waals surface area contributed by atoms with Crippen molar-refractivity contribution in [2.45, 2.75) is 33.2 Å². The maximum atomic E-state index is 12.3. The van der Waals surface area contributed by atoms with Gasteiger partial charge in [0.2, 0.25) is 0 Å². The molecule has 1 aliphatic heterocycles. The zero-order valence-corrected chi connectivity index (χ0v) is 16.2. The second kappa shape index (κ2) is 7.64. The lowest BCUT2D eigenvalue weighted by Gasteiger charge is -2.24. The van der Waals surface area contributed by atoms with Gasteiger partial charge in [-0.25, -0.2) is 4.79 Å². The number of aromatic nitrogens is 1. The van der Waals surface area contributed by atoms with Crippen molar-refractivity contribution in [2.24, 2.45) is 5.92 Å². The average Bonchev–Trinajstić information content (AvgIpc) is 2.75. The lowest BCUT2D eigenvalue weighted by molar-refractivity contribution is 0.0694. The number of nitrogens with zero attached hydrogens (tertiary/aromatic N) is 1. The first-order valence-electron chi connectivity index (χ1n) is 8.92. The summed E-state index contributed by atoms with van der Waals surface area (Å²) in [6.45, 7) is 6.92. The van der Waals surface area contributed by atoms with Gasteiger partial charge < -0.3 is 19.1 Å². The van der Waals surface area contributed by atoms with Gasteiger partial charge in [-0.1, -0.05) is 32.4 Å². The fraction of sp³-hybridized carbons (Fsp3) is 0.400. The van der Waals surface area contributed by atoms with Gasteiger partial charge in [-0.3, -0.25) is 4.79 Å². The highest BCUT2D eigenvalue weighted by molar-refractivity contribution is 6.32. The lowest BCUT2D eigenvalue weighted by Crippen LogP contribution is -2.25. The molecule has 0 amide bonds. The van der Waals surface area contributed by atoms with Gasteiger partial charge in [0, 0.05) is 23.9 Å². The van der Waals surface area contributed by atoms with Gasteiger partial charge in [-0.2, -0.15) is 0 Å². The van der Waals surface area contributed by atoms with Crippen molar-refractivity contribution in [3.63, 3.8) is 0 Å². The third-order valence-corrected chi connectivity index (χ3v) is 4.91. The molecule has 3 rings (SSSR count). The Balaban J connectivity index is 2.23. The summed E-state index contributed by atoms with van der Waals surface area (Å²) in [7, 11) is 0. The van der Waals surface area contributed by atoms with E-state index >= 15 is 0 Å². The smallest absolute Gasteiger partial charge is 0.341 e. The molecule has 0 saturated heterocycles. The number of hydrogen-bond donors (Lipinski definition) is 1. The van der Waals surface area contributed by atoms with E-state index < -0.39 is 11.4 Å². The average molecular weight is 392 g/mol. The molecule has 0 fully saturated rings. The molecule has 0 spiro atoms. The van der Waals surface area contributed by atoms with Crippen molar-refractivity contribution in [2.75, 3.05) is 13.2 Å². The third kappa shape index (κ3) is 3.67. The first-order valence-corrected chi connectivity index (χ1v) is 9.30. The minimum absolute atomic E-state index is 0.134. The lowest BCUT2D eigenvalue weighted by atomic mass is 10.0. The number of halogens is 1. The van der Waals surface area contributed by atoms with Crippen LogP contribution in [0.5, 0.6) is 11.5 Å². The van der Waals surface area contributed by atoms with Crippen LogP contribution in [-0.4, -0.2) is 28.9 Å². The molecule has 1 aliphatic rings. The molecule has 0 saturated carbocycles. The third-order valence-electron chi connectivity index (χ3n) is 4.62. The quantitative estimate of drug-likeness (QED) is 0.824. The Morgan fingerprint density at radius 3 is 2.78 bits per heavy atom. The molecule has 144 valence electrons. The summed E-state index contributed by atoms with van der Waals surface area (Å²) in [6, 6.07) is 4.64. The molecule has 1 aromatic carbocycles. The monoisotopic (exact) mass is 391 g/mol. The number of carbonyl (C=O) groups is 1. The largest absolute Gasteiger partial charge is 0.492 e. The van der Waals surface area contributed by atoms with Crippen LogP contribution < -0.4 is 14.9 Å². The Morgan fingerprint density at radius 1 is 1.41 bits per heavy atom. The van der Waals surface area contributed by atoms with Crippen molar-refractivity contribution in [3.8, 4) is 22.8 Å². The second-order valence-electron chi connectivity index (χ2n) is 6.90. The van der Waals surface area contributed by atoms with Crippen LogP contribution in [0.4, 0.5) is 0 Å². The van der Waals surface area contributed by atoms with Gasteiger partial charge in [0.25, 0.3) is 0 Å². The minimum atomic E-state index is -1.25. The number of ether oxygens (including phenoxy) is 2. The first-order chi connectivity index (χ1) is 12.8. The summed E-state index contributed by atoms with van der Waals surface area (Å²) < 4.78 is 13.5. The van der Waals surface area contributed by atoms with Crippen LogP contribution in [0.1, 0.15) is 43.6 Å². The molecular formula is C20H22ClNO5. The van der Waals surface area contributed by atoms with Gasteiger partial charge in [0.05, 0.1) is 23.4 Å². The van der Waals surface area contributed by atoms with Gasteiger partial charge in [-0.15, -0.1) is 0 Å². The van der Waals surface area contributed by atoms with Gasteiger partial charge in [-0.05, 0) is 18.4 Å². The van der Waals surface area contributed by atoms with E-state index in [1.165, 1.54) is 12.3 Å². The van der Waals surface area contributed by atoms with Crippen molar-refractivity contribution in [1.29, 1.82) is 0 Å². The van der Waals surface area contributed by atoms with E-state index in [2.05, 4.69) is 0 Å². The molecule has 0 unspecified atom stereocenters. The molecule has 0 aliphatic carbocycles. The van der Waals surface area contributed by atoms with E-state index in [0.717, 1.165) is 6.42 Å². The zero-order valence-electron chi connectivity index (χ0n) is 15.5. The highest BCUT2D eigenvalue weighted by Crippen LogP contribution is 2.42. The van der Waals surface area contributed by atoms with Crippen molar-refractivity contribution in [3.05, 3.63) is 45.2 Å². The number of aromatic carboxylic acids is 1.